The molecule has 6 rings (SSSR count). The second kappa shape index (κ2) is 10.6. The molecule has 0 spiro atoms. The number of anilines is 2. The Morgan fingerprint density at radius 3 is 2.13 bits per heavy atom. The molecule has 246 valence electrons. The van der Waals surface area contributed by atoms with Crippen LogP contribution in [-0.4, -0.2) is 81.5 Å². The van der Waals surface area contributed by atoms with Gasteiger partial charge >= 0.3 is 11.4 Å². The number of halogens is 2. The maximum Gasteiger partial charge on any atom is 0.301 e. The summed E-state index contributed by atoms with van der Waals surface area (Å²) >= 11 is 14.3. The molecular formula is C30H27Cl2N5O10. The van der Waals surface area contributed by atoms with E-state index in [2.05, 4.69) is 0 Å². The summed E-state index contributed by atoms with van der Waals surface area (Å²) in [5, 5.41) is 34.7. The summed E-state index contributed by atoms with van der Waals surface area (Å²) in [4.78, 5) is 76.4. The molecule has 0 unspecified atom stereocenters. The fraction of sp³-hybridized carbons (Fsp3) is 0.400. The van der Waals surface area contributed by atoms with Gasteiger partial charge in [0.1, 0.15) is 0 Å². The predicted octanol–water partition coefficient (Wildman–Crippen LogP) is 3.48. The number of rotatable bonds is 6. The van der Waals surface area contributed by atoms with E-state index in [0.29, 0.717) is 16.0 Å². The van der Waals surface area contributed by atoms with Gasteiger partial charge in [-0.25, -0.2) is 4.90 Å². The van der Waals surface area contributed by atoms with Crippen molar-refractivity contribution in [2.75, 3.05) is 38.1 Å². The van der Waals surface area contributed by atoms with Crippen LogP contribution in [0, 0.1) is 38.0 Å². The van der Waals surface area contributed by atoms with Crippen molar-refractivity contribution >= 4 is 69.6 Å². The van der Waals surface area contributed by atoms with Crippen molar-refractivity contribution in [3.63, 3.8) is 0 Å². The molecule has 0 radical (unpaired) electrons. The lowest BCUT2D eigenvalue weighted by molar-refractivity contribution is -0.392. The molecule has 2 aromatic rings. The molecule has 0 aromatic heterocycles. The molecule has 1 N–H and O–H groups in total. The Labute approximate surface area is 276 Å². The van der Waals surface area contributed by atoms with Crippen LogP contribution in [0.3, 0.4) is 0 Å². The highest BCUT2D eigenvalue weighted by Crippen LogP contribution is 2.65. The van der Waals surface area contributed by atoms with Crippen molar-refractivity contribution in [1.82, 2.24) is 4.90 Å². The molecule has 2 heterocycles. The number of phenols is 1. The molecule has 1 saturated carbocycles. The van der Waals surface area contributed by atoms with Gasteiger partial charge in [-0.2, -0.15) is 0 Å². The highest BCUT2D eigenvalue weighted by molar-refractivity contribution is 6.53. The zero-order chi connectivity index (χ0) is 34.5. The third kappa shape index (κ3) is 4.18. The van der Waals surface area contributed by atoms with Crippen molar-refractivity contribution in [2.45, 2.75) is 28.5 Å². The summed E-state index contributed by atoms with van der Waals surface area (Å²) in [6, 6.07) is 6.21. The van der Waals surface area contributed by atoms with Gasteiger partial charge < -0.3 is 14.7 Å². The van der Waals surface area contributed by atoms with Crippen LogP contribution < -0.4 is 14.5 Å². The zero-order valence-corrected chi connectivity index (χ0v) is 26.8. The summed E-state index contributed by atoms with van der Waals surface area (Å²) in [5.74, 6) is -7.53. The first kappa shape index (κ1) is 32.2. The number of nitro benzene ring substituents is 2. The van der Waals surface area contributed by atoms with Gasteiger partial charge in [-0.15, -0.1) is 23.2 Å². The van der Waals surface area contributed by atoms with Crippen molar-refractivity contribution in [3.05, 3.63) is 67.8 Å². The number of imide groups is 2. The number of amides is 4. The number of ether oxygens (including phenoxy) is 1. The molecule has 4 amide bonds. The molecule has 47 heavy (non-hydrogen) atoms. The molecule has 2 aliphatic heterocycles. The van der Waals surface area contributed by atoms with Crippen LogP contribution in [0.4, 0.5) is 22.7 Å². The zero-order valence-electron chi connectivity index (χ0n) is 25.3. The van der Waals surface area contributed by atoms with Gasteiger partial charge in [0.15, 0.2) is 26.9 Å². The van der Waals surface area contributed by atoms with Crippen LogP contribution in [0.25, 0.3) is 0 Å². The maximum atomic E-state index is 14.3. The number of fused-ring (bicyclic) bond motifs is 4. The van der Waals surface area contributed by atoms with E-state index in [9.17, 15) is 44.5 Å². The van der Waals surface area contributed by atoms with Gasteiger partial charge in [0, 0.05) is 39.2 Å². The number of alkyl halides is 2. The van der Waals surface area contributed by atoms with Crippen LogP contribution in [-0.2, 0) is 19.2 Å². The second-order valence-corrected chi connectivity index (χ2v) is 13.4. The number of nitrogens with zero attached hydrogens (tertiary/aromatic N) is 5. The molecule has 2 aromatic carbocycles. The monoisotopic (exact) mass is 687 g/mol. The summed E-state index contributed by atoms with van der Waals surface area (Å²) in [6.45, 7) is 0. The fourth-order valence-corrected chi connectivity index (χ4v) is 8.73. The van der Waals surface area contributed by atoms with Gasteiger partial charge in [0.25, 0.3) is 11.8 Å². The van der Waals surface area contributed by atoms with E-state index < -0.39 is 78.3 Å². The van der Waals surface area contributed by atoms with E-state index in [1.165, 1.54) is 45.3 Å². The minimum atomic E-state index is -2.08. The fourth-order valence-electron chi connectivity index (χ4n) is 7.71. The van der Waals surface area contributed by atoms with E-state index in [1.807, 2.05) is 0 Å². The van der Waals surface area contributed by atoms with Crippen molar-refractivity contribution < 1.29 is 38.9 Å². The Morgan fingerprint density at radius 1 is 0.979 bits per heavy atom. The smallest absolute Gasteiger partial charge is 0.301 e. The number of allylic oxidation sites excluding steroid dienone is 2. The number of carbonyl (C=O) groups excluding carboxylic acids is 4. The first-order valence-corrected chi connectivity index (χ1v) is 15.1. The molecule has 2 aliphatic carbocycles. The Balaban J connectivity index is 1.51. The number of hydrogen-bond donors (Lipinski definition) is 1. The normalized spacial score (nSPS) is 29.7. The molecular weight excluding hydrogens is 661 g/mol. The molecule has 4 aliphatic rings. The Kier molecular flexibility index (Phi) is 7.28. The third-order valence-electron chi connectivity index (χ3n) is 9.70. The lowest BCUT2D eigenvalue weighted by Crippen LogP contribution is -2.60. The van der Waals surface area contributed by atoms with E-state index in [1.54, 1.807) is 12.1 Å². The lowest BCUT2D eigenvalue weighted by atomic mass is 9.56. The van der Waals surface area contributed by atoms with Gasteiger partial charge in [0.05, 0.1) is 34.5 Å². The SMILES string of the molecule is COc1ccc([C@H]2C3=CC[C@@H]4C(=O)N(c5cc([N+](=O)[O-])c(N(C)C)c([N+](=O)[O-])c5)C(=O)[C@@H]4[C@@H]3C[C@@]3(Cl)C(=O)N(C)C(=O)[C@@]23Cl)cc1O. The molecule has 3 fully saturated rings. The number of aromatic hydroxyl groups is 1. The maximum absolute atomic E-state index is 14.3. The topological polar surface area (TPSA) is 194 Å². The number of benzene rings is 2. The number of phenolic OH excluding ortho intramolecular Hbond substituents is 1. The first-order valence-electron chi connectivity index (χ1n) is 14.3. The van der Waals surface area contributed by atoms with Gasteiger partial charge in [-0.3, -0.25) is 44.3 Å². The van der Waals surface area contributed by atoms with E-state index in [-0.39, 0.29) is 35.7 Å². The van der Waals surface area contributed by atoms with Crippen LogP contribution in [0.5, 0.6) is 11.5 Å². The Morgan fingerprint density at radius 2 is 1.60 bits per heavy atom. The number of nitro groups is 2. The summed E-state index contributed by atoms with van der Waals surface area (Å²) < 4.78 is 5.16. The number of methoxy groups -OCH3 is 1. The van der Waals surface area contributed by atoms with E-state index in [0.717, 1.165) is 17.0 Å². The van der Waals surface area contributed by atoms with Gasteiger partial charge in [0.2, 0.25) is 11.8 Å². The van der Waals surface area contributed by atoms with Crippen molar-refractivity contribution in [3.8, 4) is 11.5 Å². The van der Waals surface area contributed by atoms with Gasteiger partial charge in [-0.05, 0) is 36.5 Å². The lowest BCUT2D eigenvalue weighted by Gasteiger charge is -2.50. The molecule has 0 bridgehead atoms. The van der Waals surface area contributed by atoms with E-state index >= 15 is 0 Å². The van der Waals surface area contributed by atoms with Crippen molar-refractivity contribution in [2.24, 2.45) is 17.8 Å². The molecule has 6 atom stereocenters. The minimum absolute atomic E-state index is 0.0175. The highest BCUT2D eigenvalue weighted by Gasteiger charge is 2.76. The minimum Gasteiger partial charge on any atom is -0.504 e. The number of hydrogen-bond acceptors (Lipinski definition) is 11. The predicted molar refractivity (Wildman–Crippen MR) is 167 cm³/mol. The summed E-state index contributed by atoms with van der Waals surface area (Å²) in [7, 11) is 5.36. The average Bonchev–Trinajstić information content (AvgIpc) is 3.34. The van der Waals surface area contributed by atoms with Crippen molar-refractivity contribution in [1.29, 1.82) is 0 Å². The average molecular weight is 688 g/mol. The quantitative estimate of drug-likeness (QED) is 0.154. The Hall–Kier alpha value is -4.76. The summed E-state index contributed by atoms with van der Waals surface area (Å²) in [6.07, 6.45) is 1.34. The highest BCUT2D eigenvalue weighted by atomic mass is 35.5. The first-order chi connectivity index (χ1) is 22.0. The third-order valence-corrected chi connectivity index (χ3v) is 11.1. The number of carbonyl (C=O) groups is 4. The van der Waals surface area contributed by atoms with Crippen LogP contribution >= 0.6 is 23.2 Å². The summed E-state index contributed by atoms with van der Waals surface area (Å²) in [5.41, 5.74) is -1.30. The standard InChI is InChI=1S/C30H27Cl2N5O10/c1-33(2)24-18(36(43)44)10-14(11-19(24)37(45)46)35-25(39)16-7-6-15-17(22(16)26(35)40)12-29(31)27(41)34(3)28(42)30(29,32)23(15)13-5-8-21(47-4)20(38)9-13/h5-6,8-11,16-17,22-23,38H,7,12H2,1-4H3/t16-,17+,22-,23-,29+,30-/m0/s1. The number of likely N-dealkylation sites (tertiary alicyclic amines) is 1. The van der Waals surface area contributed by atoms with Crippen LogP contribution in [0.2, 0.25) is 0 Å². The van der Waals surface area contributed by atoms with Crippen LogP contribution in [0.15, 0.2) is 42.0 Å². The Bertz CT molecular complexity index is 1830. The van der Waals surface area contributed by atoms with E-state index in [4.69, 9.17) is 27.9 Å². The second-order valence-electron chi connectivity index (χ2n) is 12.2. The van der Waals surface area contributed by atoms with Crippen LogP contribution in [0.1, 0.15) is 24.3 Å². The molecule has 15 nitrogen and oxygen atoms in total. The molecule has 2 saturated heterocycles. The largest absolute Gasteiger partial charge is 0.504 e. The van der Waals surface area contributed by atoms with Gasteiger partial charge in [-0.1, -0.05) is 17.7 Å². The molecule has 17 heteroatoms.